The summed E-state index contributed by atoms with van der Waals surface area (Å²) >= 11 is 12.3. The molecule has 0 N–H and O–H groups in total. The van der Waals surface area contributed by atoms with Crippen molar-refractivity contribution in [2.45, 2.75) is 19.3 Å². The molecule has 0 aliphatic carbocycles. The van der Waals surface area contributed by atoms with E-state index in [9.17, 15) is 0 Å². The quantitative estimate of drug-likeness (QED) is 0.674. The molecule has 0 fully saturated rings. The maximum Gasteiger partial charge on any atom is 0.0456 e. The second-order valence-electron chi connectivity index (χ2n) is 4.37. The van der Waals surface area contributed by atoms with Crippen LogP contribution in [0.3, 0.4) is 0 Å². The van der Waals surface area contributed by atoms with Crippen molar-refractivity contribution in [2.75, 3.05) is 20.1 Å². The number of nitrogens with zero attached hydrogens (tertiary/aromatic N) is 1. The van der Waals surface area contributed by atoms with E-state index in [1.54, 1.807) is 0 Å². The smallest absolute Gasteiger partial charge is 0.0456 e. The molecule has 1 nitrogen and oxygen atoms in total. The number of likely N-dealkylation sites (N-methyl/N-ethyl adjacent to an activating group) is 1. The van der Waals surface area contributed by atoms with Crippen molar-refractivity contribution >= 4 is 23.2 Å². The Morgan fingerprint density at radius 2 is 2.07 bits per heavy atom. The third-order valence-corrected chi connectivity index (χ3v) is 3.61. The fraction of sp³-hybridized carbons (Fsp3) is 0.500. The van der Waals surface area contributed by atoms with Gasteiger partial charge in [0.15, 0.2) is 0 Å². The van der Waals surface area contributed by atoms with Crippen LogP contribution in [0.15, 0.2) is 12.1 Å². The maximum absolute atomic E-state index is 6.23. The predicted octanol–water partition coefficient (Wildman–Crippen LogP) is 3.58. The molecule has 1 aromatic rings. The van der Waals surface area contributed by atoms with Gasteiger partial charge in [-0.2, -0.15) is 0 Å². The Bertz CT molecular complexity index is 376. The summed E-state index contributed by atoms with van der Waals surface area (Å²) < 4.78 is 0. The number of hydrogen-bond acceptors (Lipinski definition) is 1. The highest BCUT2D eigenvalue weighted by Crippen LogP contribution is 2.32. The summed E-state index contributed by atoms with van der Waals surface area (Å²) in [5.41, 5.74) is 2.59. The van der Waals surface area contributed by atoms with Crippen LogP contribution in [-0.2, 0) is 6.42 Å². The predicted molar refractivity (Wildman–Crippen MR) is 66.1 cm³/mol. The van der Waals surface area contributed by atoms with Crippen LogP contribution in [0.4, 0.5) is 0 Å². The van der Waals surface area contributed by atoms with E-state index in [4.69, 9.17) is 23.2 Å². The molecule has 2 rings (SSSR count). The minimum absolute atomic E-state index is 0.503. The third-order valence-electron chi connectivity index (χ3n) is 3.05. The van der Waals surface area contributed by atoms with Crippen molar-refractivity contribution in [1.82, 2.24) is 4.90 Å². The van der Waals surface area contributed by atoms with Crippen molar-refractivity contribution < 1.29 is 0 Å². The fourth-order valence-corrected chi connectivity index (χ4v) is 2.89. The molecule has 3 heteroatoms. The topological polar surface area (TPSA) is 3.24 Å². The summed E-state index contributed by atoms with van der Waals surface area (Å²) in [7, 11) is 2.15. The van der Waals surface area contributed by atoms with Gasteiger partial charge in [-0.3, -0.25) is 0 Å². The van der Waals surface area contributed by atoms with E-state index in [0.717, 1.165) is 29.6 Å². The molecule has 15 heavy (non-hydrogen) atoms. The minimum atomic E-state index is 0.503. The Kier molecular flexibility index (Phi) is 3.24. The Morgan fingerprint density at radius 1 is 1.33 bits per heavy atom. The average molecular weight is 244 g/mol. The molecule has 0 aromatic heterocycles. The van der Waals surface area contributed by atoms with Crippen molar-refractivity contribution in [3.05, 3.63) is 33.3 Å². The summed E-state index contributed by atoms with van der Waals surface area (Å²) in [6.45, 7) is 4.37. The maximum atomic E-state index is 6.23. The molecule has 0 saturated heterocycles. The molecular formula is C12H15Cl2N. The van der Waals surface area contributed by atoms with E-state index in [1.807, 2.05) is 6.07 Å². The van der Waals surface area contributed by atoms with Gasteiger partial charge in [-0.25, -0.2) is 0 Å². The van der Waals surface area contributed by atoms with Gasteiger partial charge in [-0.1, -0.05) is 30.1 Å². The van der Waals surface area contributed by atoms with Crippen LogP contribution in [0.2, 0.25) is 10.0 Å². The van der Waals surface area contributed by atoms with Crippen LogP contribution in [0.25, 0.3) is 0 Å². The van der Waals surface area contributed by atoms with Crippen molar-refractivity contribution in [1.29, 1.82) is 0 Å². The molecule has 0 saturated carbocycles. The van der Waals surface area contributed by atoms with Gasteiger partial charge in [0.25, 0.3) is 0 Å². The number of halogens is 2. The molecule has 1 aliphatic rings. The molecule has 0 bridgehead atoms. The summed E-state index contributed by atoms with van der Waals surface area (Å²) in [5.74, 6) is 0.503. The first-order valence-corrected chi connectivity index (χ1v) is 6.00. The molecule has 1 aliphatic heterocycles. The van der Waals surface area contributed by atoms with Crippen LogP contribution in [-0.4, -0.2) is 25.0 Å². The van der Waals surface area contributed by atoms with Crippen molar-refractivity contribution in [3.8, 4) is 0 Å². The second kappa shape index (κ2) is 4.32. The monoisotopic (exact) mass is 243 g/mol. The Hall–Kier alpha value is -0.240. The van der Waals surface area contributed by atoms with Gasteiger partial charge in [0.05, 0.1) is 0 Å². The summed E-state index contributed by atoms with van der Waals surface area (Å²) in [4.78, 5) is 2.34. The van der Waals surface area contributed by atoms with Crippen molar-refractivity contribution in [3.63, 3.8) is 0 Å². The second-order valence-corrected chi connectivity index (χ2v) is 5.21. The summed E-state index contributed by atoms with van der Waals surface area (Å²) in [6.07, 6.45) is 1.02. The SMILES string of the molecule is CC1CN(C)CCc2c(Cl)cc(Cl)cc21. The molecule has 1 aromatic carbocycles. The molecule has 1 heterocycles. The van der Waals surface area contributed by atoms with Crippen LogP contribution in [0, 0.1) is 0 Å². The Labute approximate surface area is 101 Å². The lowest BCUT2D eigenvalue weighted by Gasteiger charge is -2.17. The molecule has 0 radical (unpaired) electrons. The lowest BCUT2D eigenvalue weighted by atomic mass is 9.95. The highest BCUT2D eigenvalue weighted by Gasteiger charge is 2.20. The first-order valence-electron chi connectivity index (χ1n) is 5.24. The molecule has 0 spiro atoms. The van der Waals surface area contributed by atoms with Gasteiger partial charge in [0.2, 0.25) is 0 Å². The Morgan fingerprint density at radius 3 is 2.80 bits per heavy atom. The molecule has 0 amide bonds. The number of fused-ring (bicyclic) bond motifs is 1. The third kappa shape index (κ3) is 2.30. The van der Waals surface area contributed by atoms with E-state index in [1.165, 1.54) is 11.1 Å². The van der Waals surface area contributed by atoms with E-state index < -0.39 is 0 Å². The lowest BCUT2D eigenvalue weighted by molar-refractivity contribution is 0.332. The van der Waals surface area contributed by atoms with Crippen LogP contribution >= 0.6 is 23.2 Å². The van der Waals surface area contributed by atoms with Gasteiger partial charge in [-0.15, -0.1) is 0 Å². The van der Waals surface area contributed by atoms with Crippen molar-refractivity contribution in [2.24, 2.45) is 0 Å². The molecule has 1 unspecified atom stereocenters. The number of rotatable bonds is 0. The average Bonchev–Trinajstić information content (AvgIpc) is 2.27. The van der Waals surface area contributed by atoms with Gasteiger partial charge in [-0.05, 0) is 42.6 Å². The summed E-state index contributed by atoms with van der Waals surface area (Å²) in [5, 5.41) is 1.56. The number of hydrogen-bond donors (Lipinski definition) is 0. The first kappa shape index (κ1) is 11.3. The van der Waals surface area contributed by atoms with Gasteiger partial charge >= 0.3 is 0 Å². The van der Waals surface area contributed by atoms with Crippen LogP contribution in [0.1, 0.15) is 24.0 Å². The van der Waals surface area contributed by atoms with E-state index in [0.29, 0.717) is 5.92 Å². The first-order chi connectivity index (χ1) is 7.08. The van der Waals surface area contributed by atoms with E-state index in [2.05, 4.69) is 24.9 Å². The standard InChI is InChI=1S/C12H15Cl2N/c1-8-7-15(2)4-3-10-11(8)5-9(13)6-12(10)14/h5-6,8H,3-4,7H2,1-2H3. The lowest BCUT2D eigenvalue weighted by Crippen LogP contribution is -2.22. The fourth-order valence-electron chi connectivity index (χ4n) is 2.29. The summed E-state index contributed by atoms with van der Waals surface area (Å²) in [6, 6.07) is 3.91. The minimum Gasteiger partial charge on any atom is -0.305 e. The normalized spacial score (nSPS) is 22.3. The Balaban J connectivity index is 2.48. The zero-order valence-corrected chi connectivity index (χ0v) is 10.6. The zero-order valence-electron chi connectivity index (χ0n) is 9.06. The van der Waals surface area contributed by atoms with Crippen LogP contribution < -0.4 is 0 Å². The molecular weight excluding hydrogens is 229 g/mol. The van der Waals surface area contributed by atoms with E-state index in [-0.39, 0.29) is 0 Å². The largest absolute Gasteiger partial charge is 0.305 e. The van der Waals surface area contributed by atoms with Gasteiger partial charge < -0.3 is 4.90 Å². The number of benzene rings is 1. The highest BCUT2D eigenvalue weighted by atomic mass is 35.5. The zero-order chi connectivity index (χ0) is 11.0. The molecule has 1 atom stereocenters. The van der Waals surface area contributed by atoms with Crippen LogP contribution in [0.5, 0.6) is 0 Å². The van der Waals surface area contributed by atoms with Gasteiger partial charge in [0, 0.05) is 23.1 Å². The molecule has 82 valence electrons. The van der Waals surface area contributed by atoms with Gasteiger partial charge in [0.1, 0.15) is 0 Å². The van der Waals surface area contributed by atoms with E-state index >= 15 is 0 Å². The highest BCUT2D eigenvalue weighted by molar-refractivity contribution is 6.35.